The molecular weight excluding hydrogens is 430 g/mol. The highest BCUT2D eigenvalue weighted by atomic mass is 32.2. The van der Waals surface area contributed by atoms with Crippen LogP contribution in [0.5, 0.6) is 0 Å². The number of piperazine rings is 1. The quantitative estimate of drug-likeness (QED) is 0.620. The molecule has 1 saturated heterocycles. The summed E-state index contributed by atoms with van der Waals surface area (Å²) in [5.41, 5.74) is 0.908. The zero-order valence-corrected chi connectivity index (χ0v) is 20.2. The largest absolute Gasteiger partial charge is 0.478 e. The minimum Gasteiger partial charge on any atom is -0.478 e. The molecule has 0 aliphatic carbocycles. The van der Waals surface area contributed by atoms with Gasteiger partial charge in [-0.25, -0.2) is 9.78 Å². The summed E-state index contributed by atoms with van der Waals surface area (Å²) in [5, 5.41) is 10.2. The lowest BCUT2D eigenvalue weighted by molar-refractivity contribution is 0.0699. The van der Waals surface area contributed by atoms with Crippen LogP contribution in [0.3, 0.4) is 0 Å². The van der Waals surface area contributed by atoms with Gasteiger partial charge in [0.1, 0.15) is 5.82 Å². The van der Waals surface area contributed by atoms with E-state index in [1.54, 1.807) is 18.2 Å². The van der Waals surface area contributed by atoms with Gasteiger partial charge in [-0.2, -0.15) is 12.7 Å². The molecule has 0 spiro atoms. The average molecular weight is 464 g/mol. The number of benzene rings is 1. The van der Waals surface area contributed by atoms with Crippen molar-refractivity contribution in [1.29, 1.82) is 0 Å². The van der Waals surface area contributed by atoms with E-state index in [0.29, 0.717) is 28.7 Å². The lowest BCUT2D eigenvalue weighted by atomic mass is 10.0. The summed E-state index contributed by atoms with van der Waals surface area (Å²) in [6.45, 7) is 10.1. The summed E-state index contributed by atoms with van der Waals surface area (Å²) in [6.07, 6.45) is 1.15. The summed E-state index contributed by atoms with van der Waals surface area (Å²) < 4.78 is 27.7. The molecule has 2 aromatic rings. The number of hydrogen-bond donors (Lipinski definition) is 2. The topological polar surface area (TPSA) is 106 Å². The zero-order valence-electron chi connectivity index (χ0n) is 19.4. The Balaban J connectivity index is 1.86. The van der Waals surface area contributed by atoms with Crippen LogP contribution in [-0.2, 0) is 10.2 Å². The van der Waals surface area contributed by atoms with Gasteiger partial charge in [0.25, 0.3) is 0 Å². The number of aromatic carboxylic acids is 1. The van der Waals surface area contributed by atoms with Crippen molar-refractivity contribution in [3.8, 4) is 0 Å². The van der Waals surface area contributed by atoms with Crippen LogP contribution in [0, 0.1) is 5.92 Å². The standard InChI is InChI=1S/C22H33N5O4S/c1-15(2)12-16(3)26-8-10-27(11-9-26)21-14-19(22(28)29)18-13-17(6-7-20(18)23-21)24-32(30,31)25(4)5/h6-7,13-16,24H,8-12H2,1-5H3,(H,28,29). The van der Waals surface area contributed by atoms with E-state index < -0.39 is 16.2 Å². The lowest BCUT2D eigenvalue weighted by Crippen LogP contribution is -2.50. The molecule has 10 heteroatoms. The van der Waals surface area contributed by atoms with Gasteiger partial charge in [0.15, 0.2) is 0 Å². The molecule has 2 N–H and O–H groups in total. The number of anilines is 2. The van der Waals surface area contributed by atoms with Crippen molar-refractivity contribution >= 4 is 38.6 Å². The van der Waals surface area contributed by atoms with Crippen LogP contribution in [0.1, 0.15) is 37.6 Å². The Hall–Kier alpha value is -2.43. The van der Waals surface area contributed by atoms with E-state index in [4.69, 9.17) is 0 Å². The number of aromatic nitrogens is 1. The number of carboxylic acid groups (broad SMARTS) is 1. The third-order valence-corrected chi connectivity index (χ3v) is 7.28. The van der Waals surface area contributed by atoms with Crippen LogP contribution in [0.25, 0.3) is 10.9 Å². The third-order valence-electron chi connectivity index (χ3n) is 5.83. The Morgan fingerprint density at radius 3 is 2.38 bits per heavy atom. The first kappa shape index (κ1) is 24.2. The van der Waals surface area contributed by atoms with Gasteiger partial charge in [-0.1, -0.05) is 13.8 Å². The van der Waals surface area contributed by atoms with Crippen LogP contribution in [0.4, 0.5) is 11.5 Å². The fourth-order valence-corrected chi connectivity index (χ4v) is 4.68. The predicted octanol–water partition coefficient (Wildman–Crippen LogP) is 2.71. The van der Waals surface area contributed by atoms with Crippen LogP contribution < -0.4 is 9.62 Å². The van der Waals surface area contributed by atoms with Crippen molar-refractivity contribution in [2.45, 2.75) is 33.2 Å². The molecule has 0 radical (unpaired) electrons. The lowest BCUT2D eigenvalue weighted by Gasteiger charge is -2.39. The van der Waals surface area contributed by atoms with Crippen molar-refractivity contribution in [1.82, 2.24) is 14.2 Å². The number of carboxylic acids is 1. The summed E-state index contributed by atoms with van der Waals surface area (Å²) in [5.74, 6) is 0.207. The van der Waals surface area contributed by atoms with Crippen LogP contribution in [-0.4, -0.2) is 80.0 Å². The van der Waals surface area contributed by atoms with E-state index in [-0.39, 0.29) is 11.3 Å². The molecule has 3 rings (SSSR count). The van der Waals surface area contributed by atoms with Crippen LogP contribution in [0.15, 0.2) is 24.3 Å². The Kier molecular flexibility index (Phi) is 7.26. The van der Waals surface area contributed by atoms with Gasteiger partial charge in [0.2, 0.25) is 0 Å². The Morgan fingerprint density at radius 2 is 1.81 bits per heavy atom. The summed E-state index contributed by atoms with van der Waals surface area (Å²) in [6, 6.07) is 6.86. The van der Waals surface area contributed by atoms with Crippen molar-refractivity contribution in [2.24, 2.45) is 5.92 Å². The highest BCUT2D eigenvalue weighted by molar-refractivity contribution is 7.90. The van der Waals surface area contributed by atoms with E-state index >= 15 is 0 Å². The molecule has 1 atom stereocenters. The number of nitrogens with zero attached hydrogens (tertiary/aromatic N) is 4. The summed E-state index contributed by atoms with van der Waals surface area (Å²) in [4.78, 5) is 21.3. The molecule has 0 bridgehead atoms. The smallest absolute Gasteiger partial charge is 0.336 e. The maximum Gasteiger partial charge on any atom is 0.336 e. The Morgan fingerprint density at radius 1 is 1.16 bits per heavy atom. The predicted molar refractivity (Wildman–Crippen MR) is 128 cm³/mol. The zero-order chi connectivity index (χ0) is 23.6. The van der Waals surface area contributed by atoms with Gasteiger partial charge in [-0.15, -0.1) is 0 Å². The maximum atomic E-state index is 12.1. The second-order valence-corrected chi connectivity index (χ2v) is 10.8. The first-order chi connectivity index (χ1) is 15.0. The van der Waals surface area contributed by atoms with Crippen molar-refractivity contribution in [3.05, 3.63) is 29.8 Å². The van der Waals surface area contributed by atoms with Crippen molar-refractivity contribution < 1.29 is 18.3 Å². The van der Waals surface area contributed by atoms with Gasteiger partial charge in [0, 0.05) is 51.7 Å². The SMILES string of the molecule is CC(C)CC(C)N1CCN(c2cc(C(=O)O)c3cc(NS(=O)(=O)N(C)C)ccc3n2)CC1. The minimum absolute atomic E-state index is 0.103. The van der Waals surface area contributed by atoms with E-state index in [9.17, 15) is 18.3 Å². The first-order valence-electron chi connectivity index (χ1n) is 10.9. The van der Waals surface area contributed by atoms with E-state index in [1.807, 2.05) is 0 Å². The van der Waals surface area contributed by atoms with Gasteiger partial charge in [0.05, 0.1) is 16.8 Å². The normalized spacial score (nSPS) is 16.7. The van der Waals surface area contributed by atoms with Gasteiger partial charge in [-0.05, 0) is 43.5 Å². The third kappa shape index (κ3) is 5.48. The molecule has 1 fully saturated rings. The monoisotopic (exact) mass is 463 g/mol. The van der Waals surface area contributed by atoms with Crippen LogP contribution in [0.2, 0.25) is 0 Å². The molecular formula is C22H33N5O4S. The molecule has 1 aromatic heterocycles. The van der Waals surface area contributed by atoms with Gasteiger partial charge < -0.3 is 10.0 Å². The molecule has 1 aliphatic heterocycles. The second kappa shape index (κ2) is 9.60. The Labute approximate surface area is 190 Å². The van der Waals surface area contributed by atoms with E-state index in [1.165, 1.54) is 20.2 Å². The van der Waals surface area contributed by atoms with Gasteiger partial charge >= 0.3 is 16.2 Å². The molecule has 9 nitrogen and oxygen atoms in total. The minimum atomic E-state index is -3.70. The molecule has 2 heterocycles. The highest BCUT2D eigenvalue weighted by Crippen LogP contribution is 2.27. The average Bonchev–Trinajstić information content (AvgIpc) is 2.72. The molecule has 0 amide bonds. The molecule has 176 valence electrons. The summed E-state index contributed by atoms with van der Waals surface area (Å²) >= 11 is 0. The van der Waals surface area contributed by atoms with Crippen molar-refractivity contribution in [2.75, 3.05) is 49.9 Å². The molecule has 1 unspecified atom stereocenters. The van der Waals surface area contributed by atoms with Crippen LogP contribution >= 0.6 is 0 Å². The second-order valence-electron chi connectivity index (χ2n) is 8.96. The number of hydrogen-bond acceptors (Lipinski definition) is 6. The van der Waals surface area contributed by atoms with Gasteiger partial charge in [-0.3, -0.25) is 9.62 Å². The van der Waals surface area contributed by atoms with E-state index in [2.05, 4.69) is 40.3 Å². The highest BCUT2D eigenvalue weighted by Gasteiger charge is 2.24. The van der Waals surface area contributed by atoms with E-state index in [0.717, 1.165) is 36.9 Å². The number of pyridine rings is 1. The molecule has 1 aromatic carbocycles. The Bertz CT molecular complexity index is 1080. The summed E-state index contributed by atoms with van der Waals surface area (Å²) in [7, 11) is -0.856. The molecule has 1 aliphatic rings. The molecule has 32 heavy (non-hydrogen) atoms. The fourth-order valence-electron chi connectivity index (χ4n) is 4.08. The number of carbonyl (C=O) groups is 1. The number of nitrogens with one attached hydrogen (secondary N) is 1. The molecule has 0 saturated carbocycles. The van der Waals surface area contributed by atoms with Crippen molar-refractivity contribution in [3.63, 3.8) is 0 Å². The number of fused-ring (bicyclic) bond motifs is 1. The fraction of sp³-hybridized carbons (Fsp3) is 0.545. The maximum absolute atomic E-state index is 12.1. The number of rotatable bonds is 8. The first-order valence-corrected chi connectivity index (χ1v) is 12.3.